The topological polar surface area (TPSA) is 84.4 Å². The molecule has 1 aliphatic heterocycles. The highest BCUT2D eigenvalue weighted by Gasteiger charge is 2.34. The Morgan fingerprint density at radius 1 is 1.17 bits per heavy atom. The number of rotatable bonds is 5. The summed E-state index contributed by atoms with van der Waals surface area (Å²) in [7, 11) is 0. The summed E-state index contributed by atoms with van der Waals surface area (Å²) in [5, 5.41) is 2.91. The van der Waals surface area contributed by atoms with Crippen LogP contribution in [-0.4, -0.2) is 47.1 Å². The largest absolute Gasteiger partial charge is 0.454 e. The van der Waals surface area contributed by atoms with Crippen LogP contribution in [0, 0.1) is 0 Å². The lowest BCUT2D eigenvalue weighted by Gasteiger charge is -2.22. The van der Waals surface area contributed by atoms with Crippen molar-refractivity contribution in [2.45, 2.75) is 50.6 Å². The van der Waals surface area contributed by atoms with Crippen molar-refractivity contribution < 1.29 is 14.3 Å². The summed E-state index contributed by atoms with van der Waals surface area (Å²) in [4.78, 5) is 34.3. The third-order valence-electron chi connectivity index (χ3n) is 4.40. The molecule has 0 spiro atoms. The lowest BCUT2D eigenvalue weighted by Crippen LogP contribution is -2.41. The first-order valence-corrected chi connectivity index (χ1v) is 8.24. The SMILES string of the molecule is O=C(COC(=O)[C@@H]1CCCN1c1ncccn1)NC1CCCC1. The van der Waals surface area contributed by atoms with E-state index in [0.29, 0.717) is 12.4 Å². The zero-order valence-electron chi connectivity index (χ0n) is 13.1. The van der Waals surface area contributed by atoms with E-state index in [9.17, 15) is 9.59 Å². The zero-order valence-corrected chi connectivity index (χ0v) is 13.1. The highest BCUT2D eigenvalue weighted by atomic mass is 16.5. The van der Waals surface area contributed by atoms with Crippen molar-refractivity contribution in [2.24, 2.45) is 0 Å². The fourth-order valence-electron chi connectivity index (χ4n) is 3.26. The van der Waals surface area contributed by atoms with Gasteiger partial charge < -0.3 is 15.0 Å². The first-order valence-electron chi connectivity index (χ1n) is 8.24. The number of hydrogen-bond acceptors (Lipinski definition) is 6. The van der Waals surface area contributed by atoms with Crippen LogP contribution >= 0.6 is 0 Å². The van der Waals surface area contributed by atoms with Gasteiger partial charge in [-0.1, -0.05) is 12.8 Å². The average Bonchev–Trinajstić information content (AvgIpc) is 3.25. The number of amides is 1. The van der Waals surface area contributed by atoms with Crippen LogP contribution in [0.4, 0.5) is 5.95 Å². The maximum Gasteiger partial charge on any atom is 0.329 e. The minimum Gasteiger partial charge on any atom is -0.454 e. The highest BCUT2D eigenvalue weighted by molar-refractivity contribution is 5.84. The van der Waals surface area contributed by atoms with E-state index in [1.165, 1.54) is 0 Å². The summed E-state index contributed by atoms with van der Waals surface area (Å²) in [5.74, 6) is -0.0651. The van der Waals surface area contributed by atoms with Crippen molar-refractivity contribution in [3.63, 3.8) is 0 Å². The Balaban J connectivity index is 1.50. The Kier molecular flexibility index (Phi) is 5.05. The van der Waals surface area contributed by atoms with E-state index in [-0.39, 0.29) is 24.5 Å². The molecule has 7 heteroatoms. The Hall–Kier alpha value is -2.18. The molecule has 0 bridgehead atoms. The van der Waals surface area contributed by atoms with E-state index in [2.05, 4.69) is 15.3 Å². The minimum atomic E-state index is -0.406. The molecule has 1 saturated heterocycles. The van der Waals surface area contributed by atoms with Gasteiger partial charge in [-0.15, -0.1) is 0 Å². The maximum absolute atomic E-state index is 12.3. The molecule has 1 amide bonds. The van der Waals surface area contributed by atoms with Gasteiger partial charge in [-0.25, -0.2) is 14.8 Å². The van der Waals surface area contributed by atoms with Gasteiger partial charge >= 0.3 is 5.97 Å². The monoisotopic (exact) mass is 318 g/mol. The van der Waals surface area contributed by atoms with Gasteiger partial charge in [0.2, 0.25) is 5.95 Å². The van der Waals surface area contributed by atoms with Crippen LogP contribution in [0.2, 0.25) is 0 Å². The summed E-state index contributed by atoms with van der Waals surface area (Å²) < 4.78 is 5.20. The normalized spacial score (nSPS) is 21.4. The standard InChI is InChI=1S/C16H22N4O3/c21-14(19-12-5-1-2-6-12)11-23-15(22)13-7-3-10-20(13)16-17-8-4-9-18-16/h4,8-9,12-13H,1-3,5-7,10-11H2,(H,19,21)/t13-/m0/s1. The van der Waals surface area contributed by atoms with E-state index < -0.39 is 6.04 Å². The molecule has 3 rings (SSSR count). The number of nitrogens with one attached hydrogen (secondary N) is 1. The molecule has 2 aliphatic rings. The molecular weight excluding hydrogens is 296 g/mol. The molecule has 1 aromatic rings. The molecule has 0 aromatic carbocycles. The average molecular weight is 318 g/mol. The lowest BCUT2D eigenvalue weighted by molar-refractivity contribution is -0.149. The number of nitrogens with zero attached hydrogens (tertiary/aromatic N) is 3. The number of ether oxygens (including phenoxy) is 1. The van der Waals surface area contributed by atoms with E-state index >= 15 is 0 Å². The minimum absolute atomic E-state index is 0.213. The summed E-state index contributed by atoms with van der Waals surface area (Å²) >= 11 is 0. The van der Waals surface area contributed by atoms with Crippen LogP contribution in [0.3, 0.4) is 0 Å². The van der Waals surface area contributed by atoms with Gasteiger partial charge in [0.1, 0.15) is 6.04 Å². The third-order valence-corrected chi connectivity index (χ3v) is 4.40. The molecular formula is C16H22N4O3. The molecule has 1 N–H and O–H groups in total. The number of carbonyl (C=O) groups excluding carboxylic acids is 2. The van der Waals surface area contributed by atoms with Crippen LogP contribution in [0.5, 0.6) is 0 Å². The van der Waals surface area contributed by atoms with Crippen molar-refractivity contribution in [1.82, 2.24) is 15.3 Å². The Morgan fingerprint density at radius 3 is 2.65 bits per heavy atom. The summed E-state index contributed by atoms with van der Waals surface area (Å²) in [6.07, 6.45) is 9.21. The van der Waals surface area contributed by atoms with Crippen LogP contribution in [0.25, 0.3) is 0 Å². The fourth-order valence-corrected chi connectivity index (χ4v) is 3.26. The number of anilines is 1. The molecule has 1 saturated carbocycles. The molecule has 1 aliphatic carbocycles. The molecule has 2 heterocycles. The van der Waals surface area contributed by atoms with Gasteiger partial charge in [-0.05, 0) is 31.7 Å². The van der Waals surface area contributed by atoms with E-state index in [1.54, 1.807) is 18.5 Å². The summed E-state index contributed by atoms with van der Waals surface area (Å²) in [6.45, 7) is 0.507. The molecule has 0 radical (unpaired) electrons. The Labute approximate surface area is 135 Å². The lowest BCUT2D eigenvalue weighted by atomic mass is 10.2. The number of carbonyl (C=O) groups is 2. The molecule has 7 nitrogen and oxygen atoms in total. The molecule has 1 aromatic heterocycles. The van der Waals surface area contributed by atoms with Gasteiger partial charge in [0, 0.05) is 25.0 Å². The predicted octanol–water partition coefficient (Wildman–Crippen LogP) is 1.05. The molecule has 1 atom stereocenters. The Bertz CT molecular complexity index is 546. The van der Waals surface area contributed by atoms with Crippen LogP contribution in [0.15, 0.2) is 18.5 Å². The van der Waals surface area contributed by atoms with Gasteiger partial charge in [0.25, 0.3) is 5.91 Å². The van der Waals surface area contributed by atoms with E-state index in [0.717, 1.165) is 38.6 Å². The highest BCUT2D eigenvalue weighted by Crippen LogP contribution is 2.22. The van der Waals surface area contributed by atoms with E-state index in [4.69, 9.17) is 4.74 Å². The van der Waals surface area contributed by atoms with Gasteiger partial charge in [-0.2, -0.15) is 0 Å². The Morgan fingerprint density at radius 2 is 1.91 bits per heavy atom. The second-order valence-electron chi connectivity index (χ2n) is 6.06. The molecule has 124 valence electrons. The van der Waals surface area contributed by atoms with Crippen LogP contribution in [-0.2, 0) is 14.3 Å². The molecule has 23 heavy (non-hydrogen) atoms. The van der Waals surface area contributed by atoms with Crippen molar-refractivity contribution in [2.75, 3.05) is 18.1 Å². The van der Waals surface area contributed by atoms with Gasteiger partial charge in [0.05, 0.1) is 0 Å². The zero-order chi connectivity index (χ0) is 16.1. The first kappa shape index (κ1) is 15.7. The van der Waals surface area contributed by atoms with Crippen molar-refractivity contribution in [3.8, 4) is 0 Å². The number of aromatic nitrogens is 2. The summed E-state index contributed by atoms with van der Waals surface area (Å²) in [6, 6.07) is 1.57. The van der Waals surface area contributed by atoms with Crippen molar-refractivity contribution in [1.29, 1.82) is 0 Å². The van der Waals surface area contributed by atoms with Crippen molar-refractivity contribution >= 4 is 17.8 Å². The smallest absolute Gasteiger partial charge is 0.329 e. The molecule has 2 fully saturated rings. The summed E-state index contributed by atoms with van der Waals surface area (Å²) in [5.41, 5.74) is 0. The van der Waals surface area contributed by atoms with Crippen LogP contribution in [0.1, 0.15) is 38.5 Å². The number of esters is 1. The second-order valence-corrected chi connectivity index (χ2v) is 6.06. The first-order chi connectivity index (χ1) is 11.2. The molecule has 0 unspecified atom stereocenters. The fraction of sp³-hybridized carbons (Fsp3) is 0.625. The number of hydrogen-bond donors (Lipinski definition) is 1. The van der Waals surface area contributed by atoms with Crippen molar-refractivity contribution in [3.05, 3.63) is 18.5 Å². The quantitative estimate of drug-likeness (QED) is 0.817. The van der Waals surface area contributed by atoms with Crippen LogP contribution < -0.4 is 10.2 Å². The van der Waals surface area contributed by atoms with Gasteiger partial charge in [-0.3, -0.25) is 4.79 Å². The van der Waals surface area contributed by atoms with E-state index in [1.807, 2.05) is 4.90 Å². The second kappa shape index (κ2) is 7.39. The van der Waals surface area contributed by atoms with Gasteiger partial charge in [0.15, 0.2) is 6.61 Å². The maximum atomic E-state index is 12.3. The predicted molar refractivity (Wildman–Crippen MR) is 83.8 cm³/mol. The third kappa shape index (κ3) is 3.97.